The highest BCUT2D eigenvalue weighted by Gasteiger charge is 2.42. The predicted molar refractivity (Wildman–Crippen MR) is 72.7 cm³/mol. The molecule has 5 heteroatoms. The Balaban J connectivity index is 2.35. The first-order chi connectivity index (χ1) is 8.41. The number of guanidine groups is 1. The molecule has 1 amide bonds. The van der Waals surface area contributed by atoms with Crippen LogP contribution in [0.5, 0.6) is 0 Å². The number of carbonyl (C=O) groups excluding carboxylic acids is 1. The molecule has 1 aliphatic heterocycles. The topological polar surface area (TPSA) is 53.5 Å². The van der Waals surface area contributed by atoms with Gasteiger partial charge in [0, 0.05) is 11.1 Å². The Morgan fingerprint density at radius 1 is 1.39 bits per heavy atom. The molecule has 18 heavy (non-hydrogen) atoms. The quantitative estimate of drug-likeness (QED) is 0.860. The lowest BCUT2D eigenvalue weighted by atomic mass is 9.92. The molecule has 1 saturated heterocycles. The second-order valence-corrected chi connectivity index (χ2v) is 5.22. The van der Waals surface area contributed by atoms with Crippen molar-refractivity contribution in [1.82, 2.24) is 10.6 Å². The number of carbonyl (C=O) groups is 1. The summed E-state index contributed by atoms with van der Waals surface area (Å²) in [6.45, 7) is 5.72. The van der Waals surface area contributed by atoms with E-state index in [1.165, 1.54) is 0 Å². The minimum atomic E-state index is -0.821. The van der Waals surface area contributed by atoms with E-state index in [9.17, 15) is 4.79 Å². The van der Waals surface area contributed by atoms with Gasteiger partial charge in [-0.25, -0.2) is 0 Å². The van der Waals surface area contributed by atoms with Crippen LogP contribution in [0.25, 0.3) is 0 Å². The Morgan fingerprint density at radius 2 is 2.11 bits per heavy atom. The summed E-state index contributed by atoms with van der Waals surface area (Å²) in [7, 11) is 0. The highest BCUT2D eigenvalue weighted by atomic mass is 35.5. The average molecular weight is 266 g/mol. The summed E-state index contributed by atoms with van der Waals surface area (Å²) < 4.78 is 0. The first kappa shape index (κ1) is 12.9. The molecule has 4 nitrogen and oxygen atoms in total. The van der Waals surface area contributed by atoms with E-state index < -0.39 is 5.54 Å². The van der Waals surface area contributed by atoms with Gasteiger partial charge in [-0.1, -0.05) is 23.7 Å². The third kappa shape index (κ3) is 2.34. The number of benzene rings is 1. The van der Waals surface area contributed by atoms with E-state index in [1.807, 2.05) is 32.9 Å². The van der Waals surface area contributed by atoms with Gasteiger partial charge in [-0.3, -0.25) is 15.1 Å². The molecular formula is C13H16ClN3O. The minimum absolute atomic E-state index is 0.120. The normalized spacial score (nSPS) is 25.4. The van der Waals surface area contributed by atoms with E-state index in [0.29, 0.717) is 11.0 Å². The minimum Gasteiger partial charge on any atom is -0.338 e. The molecule has 1 atom stereocenters. The summed E-state index contributed by atoms with van der Waals surface area (Å²) in [5, 5.41) is 6.48. The Labute approximate surface area is 111 Å². The van der Waals surface area contributed by atoms with Crippen LogP contribution in [0.4, 0.5) is 0 Å². The molecule has 1 unspecified atom stereocenters. The van der Waals surface area contributed by atoms with Gasteiger partial charge < -0.3 is 5.32 Å². The molecule has 0 saturated carbocycles. The maximum atomic E-state index is 12.1. The van der Waals surface area contributed by atoms with Crippen LogP contribution in [0.15, 0.2) is 29.3 Å². The highest BCUT2D eigenvalue weighted by Crippen LogP contribution is 2.26. The first-order valence-electron chi connectivity index (χ1n) is 5.85. The van der Waals surface area contributed by atoms with E-state index in [0.717, 1.165) is 5.56 Å². The maximum absolute atomic E-state index is 12.1. The molecular weight excluding hydrogens is 250 g/mol. The Kier molecular flexibility index (Phi) is 3.30. The smallest absolute Gasteiger partial charge is 0.256 e. The molecule has 1 fully saturated rings. The van der Waals surface area contributed by atoms with Crippen molar-refractivity contribution in [2.45, 2.75) is 32.4 Å². The Hall–Kier alpha value is -1.55. The number of rotatable bonds is 2. The lowest BCUT2D eigenvalue weighted by Gasteiger charge is -2.21. The Bertz CT molecular complexity index is 513. The zero-order chi connectivity index (χ0) is 13.3. The van der Waals surface area contributed by atoms with Crippen molar-refractivity contribution < 1.29 is 4.79 Å². The van der Waals surface area contributed by atoms with Crippen molar-refractivity contribution in [3.8, 4) is 0 Å². The fourth-order valence-corrected chi connectivity index (χ4v) is 2.07. The van der Waals surface area contributed by atoms with Crippen molar-refractivity contribution in [3.05, 3.63) is 34.9 Å². The zero-order valence-electron chi connectivity index (χ0n) is 10.6. The van der Waals surface area contributed by atoms with Crippen LogP contribution in [-0.4, -0.2) is 17.9 Å². The fraction of sp³-hybridized carbons (Fsp3) is 0.385. The van der Waals surface area contributed by atoms with Crippen LogP contribution in [0.1, 0.15) is 26.3 Å². The van der Waals surface area contributed by atoms with Crippen LogP contribution in [0.2, 0.25) is 5.02 Å². The number of aliphatic imine (C=N–C) groups is 1. The molecule has 0 spiro atoms. The van der Waals surface area contributed by atoms with Crippen molar-refractivity contribution in [2.24, 2.45) is 4.99 Å². The summed E-state index contributed by atoms with van der Waals surface area (Å²) in [5.41, 5.74) is -0.0000175. The van der Waals surface area contributed by atoms with Gasteiger partial charge in [0.05, 0.1) is 0 Å². The van der Waals surface area contributed by atoms with Crippen LogP contribution in [-0.2, 0) is 10.3 Å². The number of nitrogens with zero attached hydrogens (tertiary/aromatic N) is 1. The summed E-state index contributed by atoms with van der Waals surface area (Å²) >= 11 is 5.96. The van der Waals surface area contributed by atoms with Crippen LogP contribution < -0.4 is 10.6 Å². The molecule has 0 aliphatic carbocycles. The van der Waals surface area contributed by atoms with Gasteiger partial charge in [0.25, 0.3) is 5.91 Å². The molecule has 1 aromatic rings. The molecule has 1 heterocycles. The van der Waals surface area contributed by atoms with Crippen molar-refractivity contribution in [1.29, 1.82) is 0 Å². The summed E-state index contributed by atoms with van der Waals surface area (Å²) in [4.78, 5) is 16.4. The molecule has 2 rings (SSSR count). The molecule has 1 aliphatic rings. The first-order valence-corrected chi connectivity index (χ1v) is 6.23. The van der Waals surface area contributed by atoms with E-state index in [-0.39, 0.29) is 11.9 Å². The number of nitrogens with one attached hydrogen (secondary N) is 2. The SMILES string of the molecule is CC(C)N=C1NC(=O)C(C)(c2cccc(Cl)c2)N1. The van der Waals surface area contributed by atoms with Gasteiger partial charge in [-0.05, 0) is 38.5 Å². The van der Waals surface area contributed by atoms with E-state index in [1.54, 1.807) is 12.1 Å². The second kappa shape index (κ2) is 4.61. The number of hydrogen-bond acceptors (Lipinski definition) is 2. The fourth-order valence-electron chi connectivity index (χ4n) is 1.88. The third-order valence-electron chi connectivity index (χ3n) is 2.84. The zero-order valence-corrected chi connectivity index (χ0v) is 11.4. The molecule has 0 aromatic heterocycles. The van der Waals surface area contributed by atoms with Crippen LogP contribution in [0.3, 0.4) is 0 Å². The van der Waals surface area contributed by atoms with Gasteiger partial charge >= 0.3 is 0 Å². The average Bonchev–Trinajstić information content (AvgIpc) is 2.54. The van der Waals surface area contributed by atoms with E-state index >= 15 is 0 Å². The largest absolute Gasteiger partial charge is 0.338 e. The van der Waals surface area contributed by atoms with Crippen LogP contribution >= 0.6 is 11.6 Å². The highest BCUT2D eigenvalue weighted by molar-refractivity contribution is 6.30. The van der Waals surface area contributed by atoms with Gasteiger partial charge in [0.2, 0.25) is 0 Å². The summed E-state index contributed by atoms with van der Waals surface area (Å²) in [6.07, 6.45) is 0. The molecule has 1 aromatic carbocycles. The molecule has 96 valence electrons. The predicted octanol–water partition coefficient (Wildman–Crippen LogP) is 2.04. The number of amides is 1. The van der Waals surface area contributed by atoms with Crippen molar-refractivity contribution in [2.75, 3.05) is 0 Å². The monoisotopic (exact) mass is 265 g/mol. The third-order valence-corrected chi connectivity index (χ3v) is 3.08. The van der Waals surface area contributed by atoms with Crippen molar-refractivity contribution >= 4 is 23.5 Å². The van der Waals surface area contributed by atoms with E-state index in [4.69, 9.17) is 11.6 Å². The van der Waals surface area contributed by atoms with Crippen molar-refractivity contribution in [3.63, 3.8) is 0 Å². The van der Waals surface area contributed by atoms with Gasteiger partial charge in [0.1, 0.15) is 5.54 Å². The maximum Gasteiger partial charge on any atom is 0.256 e. The number of hydrogen-bond donors (Lipinski definition) is 2. The van der Waals surface area contributed by atoms with Gasteiger partial charge in [0.15, 0.2) is 5.96 Å². The molecule has 0 radical (unpaired) electrons. The lowest BCUT2D eigenvalue weighted by Crippen LogP contribution is -2.40. The number of halogens is 1. The summed E-state index contributed by atoms with van der Waals surface area (Å²) in [6, 6.07) is 7.39. The Morgan fingerprint density at radius 3 is 2.72 bits per heavy atom. The lowest BCUT2D eigenvalue weighted by molar-refractivity contribution is -0.123. The molecule has 2 N–H and O–H groups in total. The second-order valence-electron chi connectivity index (χ2n) is 4.79. The van der Waals surface area contributed by atoms with Gasteiger partial charge in [-0.15, -0.1) is 0 Å². The molecule has 0 bridgehead atoms. The van der Waals surface area contributed by atoms with Crippen LogP contribution in [0, 0.1) is 0 Å². The standard InChI is InChI=1S/C13H16ClN3O/c1-8(2)15-12-16-11(18)13(3,17-12)9-5-4-6-10(14)7-9/h4-8H,1-3H3,(H2,15,16,17,18). The van der Waals surface area contributed by atoms with Gasteiger partial charge in [-0.2, -0.15) is 0 Å². The summed E-state index contributed by atoms with van der Waals surface area (Å²) in [5.74, 6) is 0.390. The van der Waals surface area contributed by atoms with E-state index in [2.05, 4.69) is 15.6 Å².